The Morgan fingerprint density at radius 3 is 2.56 bits per heavy atom. The van der Waals surface area contributed by atoms with Crippen molar-refractivity contribution in [2.45, 2.75) is 45.8 Å². The second-order valence-electron chi connectivity index (χ2n) is 14.2. The highest BCUT2D eigenvalue weighted by molar-refractivity contribution is 7.14. The normalized spacial score (nSPS) is 19.3. The molecular weight excluding hydrogens is 627 g/mol. The van der Waals surface area contributed by atoms with Gasteiger partial charge in [-0.25, -0.2) is 4.98 Å². The van der Waals surface area contributed by atoms with Crippen molar-refractivity contribution in [3.8, 4) is 11.1 Å². The van der Waals surface area contributed by atoms with Crippen LogP contribution in [0.3, 0.4) is 0 Å². The van der Waals surface area contributed by atoms with Crippen LogP contribution < -0.4 is 20.7 Å². The summed E-state index contributed by atoms with van der Waals surface area (Å²) in [6.45, 7) is 10.4. The first-order chi connectivity index (χ1) is 23.2. The lowest BCUT2D eigenvalue weighted by atomic mass is 9.89. The Bertz CT molecular complexity index is 1940. The lowest BCUT2D eigenvalue weighted by Crippen LogP contribution is -2.56. The number of nitrogens with zero attached hydrogens (tertiary/aromatic N) is 6. The number of amides is 1. The maximum Gasteiger partial charge on any atom is 0.274 e. The number of aryl methyl sites for hydroxylation is 1. The van der Waals surface area contributed by atoms with Crippen LogP contribution in [-0.4, -0.2) is 82.4 Å². The van der Waals surface area contributed by atoms with Crippen molar-refractivity contribution in [2.24, 2.45) is 12.5 Å². The number of rotatable bonds is 7. The summed E-state index contributed by atoms with van der Waals surface area (Å²) in [4.78, 5) is 45.0. The Hall–Kier alpha value is -4.10. The van der Waals surface area contributed by atoms with E-state index >= 15 is 0 Å². The highest BCUT2D eigenvalue weighted by Crippen LogP contribution is 2.46. The van der Waals surface area contributed by atoms with Gasteiger partial charge in [-0.3, -0.25) is 19.5 Å². The van der Waals surface area contributed by atoms with Gasteiger partial charge in [-0.1, -0.05) is 13.8 Å². The number of aliphatic hydroxyl groups excluding tert-OH is 1. The highest BCUT2D eigenvalue weighted by Gasteiger charge is 2.38. The molecule has 0 saturated carbocycles. The van der Waals surface area contributed by atoms with Gasteiger partial charge in [-0.05, 0) is 54.0 Å². The molecule has 2 fully saturated rings. The van der Waals surface area contributed by atoms with Gasteiger partial charge >= 0.3 is 0 Å². The first-order valence-electron chi connectivity index (χ1n) is 16.7. The SMILES string of the molecule is Cn1cc(-c2cncc(N3CCc4c(sc5c4CC(C)(C)C5)C3=O)c2CO)cc(Nc2ccc(N3CCN(C4COC4)CC3)cn2)c1=O. The minimum atomic E-state index is -0.281. The van der Waals surface area contributed by atoms with E-state index < -0.39 is 0 Å². The van der Waals surface area contributed by atoms with E-state index in [2.05, 4.69) is 38.9 Å². The molecule has 0 atom stereocenters. The van der Waals surface area contributed by atoms with E-state index in [1.807, 2.05) is 18.3 Å². The Balaban J connectivity index is 1.03. The smallest absolute Gasteiger partial charge is 0.274 e. The predicted octanol–water partition coefficient (Wildman–Crippen LogP) is 3.99. The molecule has 0 unspecified atom stereocenters. The van der Waals surface area contributed by atoms with Crippen LogP contribution in [-0.2, 0) is 37.7 Å². The van der Waals surface area contributed by atoms with Crippen molar-refractivity contribution in [1.82, 2.24) is 19.4 Å². The van der Waals surface area contributed by atoms with Crippen molar-refractivity contribution in [3.05, 3.63) is 79.8 Å². The summed E-state index contributed by atoms with van der Waals surface area (Å²) in [5, 5.41) is 13.9. The number of hydrogen-bond acceptors (Lipinski definition) is 10. The standard InChI is InChI=1S/C36H41N7O4S/c1-36(2)13-26-25-6-7-43(35(46)33(25)48-31(26)14-36)30-17-37-16-27(28(30)19-44)22-12-29(34(45)40(3)18-22)39-32-5-4-23(15-38-32)41-8-10-42(11-9-41)24-20-47-21-24/h4-5,12,15-18,24,44H,6-11,13-14,19-21H2,1-3H3,(H,38,39). The number of fused-ring (bicyclic) bond motifs is 3. The van der Waals surface area contributed by atoms with E-state index in [4.69, 9.17) is 4.74 Å². The van der Waals surface area contributed by atoms with Crippen LogP contribution >= 0.6 is 11.3 Å². The Morgan fingerprint density at radius 1 is 1.04 bits per heavy atom. The van der Waals surface area contributed by atoms with Crippen LogP contribution in [0.4, 0.5) is 22.9 Å². The zero-order valence-electron chi connectivity index (χ0n) is 27.7. The predicted molar refractivity (Wildman–Crippen MR) is 188 cm³/mol. The summed E-state index contributed by atoms with van der Waals surface area (Å²) in [7, 11) is 1.70. The van der Waals surface area contributed by atoms with Gasteiger partial charge in [0.1, 0.15) is 11.5 Å². The fourth-order valence-electron chi connectivity index (χ4n) is 7.63. The topological polar surface area (TPSA) is 116 Å². The van der Waals surface area contributed by atoms with E-state index in [0.29, 0.717) is 46.5 Å². The number of ether oxygens (including phenoxy) is 1. The largest absolute Gasteiger partial charge is 0.392 e. The molecule has 1 amide bonds. The average molecular weight is 668 g/mol. The van der Waals surface area contributed by atoms with E-state index in [1.54, 1.807) is 47.9 Å². The number of aliphatic hydroxyl groups is 1. The molecule has 48 heavy (non-hydrogen) atoms. The van der Waals surface area contributed by atoms with Gasteiger partial charge in [0.15, 0.2) is 0 Å². The summed E-state index contributed by atoms with van der Waals surface area (Å²) in [6.07, 6.45) is 9.73. The van der Waals surface area contributed by atoms with Crippen molar-refractivity contribution in [3.63, 3.8) is 0 Å². The number of pyridine rings is 3. The van der Waals surface area contributed by atoms with Crippen LogP contribution in [0.15, 0.2) is 47.8 Å². The molecule has 0 bridgehead atoms. The third-order valence-corrected chi connectivity index (χ3v) is 11.6. The lowest BCUT2D eigenvalue weighted by Gasteiger charge is -2.43. The van der Waals surface area contributed by atoms with Crippen molar-refractivity contribution in [1.29, 1.82) is 0 Å². The minimum Gasteiger partial charge on any atom is -0.392 e. The molecule has 0 aromatic carbocycles. The Labute approximate surface area is 283 Å². The summed E-state index contributed by atoms with van der Waals surface area (Å²) in [5.74, 6) is 0.530. The van der Waals surface area contributed by atoms with Gasteiger partial charge in [0.05, 0.1) is 54.5 Å². The van der Waals surface area contributed by atoms with Crippen LogP contribution in [0.2, 0.25) is 0 Å². The van der Waals surface area contributed by atoms with Gasteiger partial charge in [-0.15, -0.1) is 11.3 Å². The van der Waals surface area contributed by atoms with Crippen LogP contribution in [0.1, 0.15) is 45.1 Å². The third-order valence-electron chi connectivity index (χ3n) is 10.3. The molecule has 8 rings (SSSR count). The van der Waals surface area contributed by atoms with E-state index in [-0.39, 0.29) is 23.5 Å². The molecule has 4 aromatic heterocycles. The molecule has 1 aliphatic carbocycles. The van der Waals surface area contributed by atoms with Gasteiger partial charge in [0.2, 0.25) is 0 Å². The molecule has 2 saturated heterocycles. The third kappa shape index (κ3) is 5.50. The number of thiophene rings is 1. The molecule has 3 aliphatic heterocycles. The number of aromatic nitrogens is 3. The lowest BCUT2D eigenvalue weighted by molar-refractivity contribution is -0.0660. The van der Waals surface area contributed by atoms with Gasteiger partial charge in [0, 0.05) is 73.7 Å². The van der Waals surface area contributed by atoms with Crippen molar-refractivity contribution in [2.75, 3.05) is 61.1 Å². The zero-order chi connectivity index (χ0) is 33.2. The highest BCUT2D eigenvalue weighted by atomic mass is 32.1. The summed E-state index contributed by atoms with van der Waals surface area (Å²) in [5.41, 5.74) is 6.58. The fraction of sp³-hybridized carbons (Fsp3) is 0.444. The minimum absolute atomic E-state index is 0.0331. The monoisotopic (exact) mass is 667 g/mol. The Kier molecular flexibility index (Phi) is 7.86. The number of nitrogens with one attached hydrogen (secondary N) is 1. The molecule has 7 heterocycles. The number of carbonyl (C=O) groups is 1. The average Bonchev–Trinajstić information content (AvgIpc) is 3.55. The summed E-state index contributed by atoms with van der Waals surface area (Å²) >= 11 is 1.63. The second-order valence-corrected chi connectivity index (χ2v) is 15.3. The molecule has 4 aromatic rings. The first-order valence-corrected chi connectivity index (χ1v) is 17.5. The summed E-state index contributed by atoms with van der Waals surface area (Å²) < 4.78 is 6.87. The number of carbonyl (C=O) groups excluding carboxylic acids is 1. The molecule has 12 heteroatoms. The molecule has 0 radical (unpaired) electrons. The molecule has 250 valence electrons. The zero-order valence-corrected chi connectivity index (χ0v) is 28.5. The first kappa shape index (κ1) is 31.2. The fourth-order valence-corrected chi connectivity index (χ4v) is 9.20. The van der Waals surface area contributed by atoms with E-state index in [9.17, 15) is 14.7 Å². The second kappa shape index (κ2) is 12.1. The van der Waals surface area contributed by atoms with Gasteiger partial charge in [0.25, 0.3) is 11.5 Å². The molecular formula is C36H41N7O4S. The van der Waals surface area contributed by atoms with Crippen molar-refractivity contribution >= 4 is 40.1 Å². The maximum atomic E-state index is 13.9. The molecule has 0 spiro atoms. The van der Waals surface area contributed by atoms with Crippen LogP contribution in [0, 0.1) is 5.41 Å². The molecule has 2 N–H and O–H groups in total. The maximum absolute atomic E-state index is 13.9. The van der Waals surface area contributed by atoms with Gasteiger partial charge < -0.3 is 29.5 Å². The number of hydrogen-bond donors (Lipinski definition) is 2. The van der Waals surface area contributed by atoms with Crippen molar-refractivity contribution < 1.29 is 14.6 Å². The quantitative estimate of drug-likeness (QED) is 0.302. The van der Waals surface area contributed by atoms with Crippen LogP contribution in [0.5, 0.6) is 0 Å². The number of piperazine rings is 1. The summed E-state index contributed by atoms with van der Waals surface area (Å²) in [6, 6.07) is 6.25. The molecule has 4 aliphatic rings. The van der Waals surface area contributed by atoms with E-state index in [0.717, 1.165) is 69.2 Å². The van der Waals surface area contributed by atoms with Crippen LogP contribution in [0.25, 0.3) is 11.1 Å². The van der Waals surface area contributed by atoms with E-state index in [1.165, 1.54) is 20.6 Å². The van der Waals surface area contributed by atoms with Gasteiger partial charge in [-0.2, -0.15) is 0 Å². The molecule has 11 nitrogen and oxygen atoms in total. The Morgan fingerprint density at radius 2 is 1.85 bits per heavy atom. The number of anilines is 4.